The fraction of sp³-hybridized carbons (Fsp3) is 0.0833. The predicted octanol–water partition coefficient (Wildman–Crippen LogP) is 5.63. The van der Waals surface area contributed by atoms with Gasteiger partial charge in [0.15, 0.2) is 11.4 Å². The highest BCUT2D eigenvalue weighted by Gasteiger charge is 2.12. The number of phenolic OH excluding ortho intramolecular Hbond substituents is 1. The summed E-state index contributed by atoms with van der Waals surface area (Å²) in [4.78, 5) is 23.5. The van der Waals surface area contributed by atoms with Crippen LogP contribution in [0.1, 0.15) is 11.1 Å². The zero-order valence-electron chi connectivity index (χ0n) is 17.8. The molecule has 0 saturated carbocycles. The Kier molecular flexibility index (Phi) is 5.77. The molecule has 0 unspecified atom stereocenters. The molecule has 3 N–H and O–H groups in total. The molecule has 3 aromatic carbocycles. The van der Waals surface area contributed by atoms with Gasteiger partial charge in [-0.15, -0.1) is 10.2 Å². The van der Waals surface area contributed by atoms with Crippen LogP contribution in [0.25, 0.3) is 16.8 Å². The van der Waals surface area contributed by atoms with Gasteiger partial charge in [-0.2, -0.15) is 0 Å². The summed E-state index contributed by atoms with van der Waals surface area (Å²) in [5.74, 6) is -0.0515. The van der Waals surface area contributed by atoms with Crippen molar-refractivity contribution in [2.75, 3.05) is 0 Å². The van der Waals surface area contributed by atoms with Crippen molar-refractivity contribution in [2.45, 2.75) is 13.8 Å². The molecule has 0 spiro atoms. The van der Waals surface area contributed by atoms with Crippen molar-refractivity contribution in [1.82, 2.24) is 9.78 Å². The summed E-state index contributed by atoms with van der Waals surface area (Å²) >= 11 is 0. The number of benzene rings is 3. The van der Waals surface area contributed by atoms with Gasteiger partial charge in [0.05, 0.1) is 11.9 Å². The zero-order chi connectivity index (χ0) is 23.5. The quantitative estimate of drug-likeness (QED) is 0.209. The molecule has 0 fully saturated rings. The fourth-order valence-electron chi connectivity index (χ4n) is 3.27. The monoisotopic (exact) mass is 444 g/mol. The molecule has 1 aromatic heterocycles. The van der Waals surface area contributed by atoms with E-state index in [1.807, 2.05) is 32.0 Å². The van der Waals surface area contributed by atoms with E-state index in [0.29, 0.717) is 16.8 Å². The van der Waals surface area contributed by atoms with Crippen molar-refractivity contribution in [2.24, 2.45) is 10.2 Å². The van der Waals surface area contributed by atoms with E-state index in [-0.39, 0.29) is 28.4 Å². The fourth-order valence-corrected chi connectivity index (χ4v) is 3.27. The Bertz CT molecular complexity index is 1440. The van der Waals surface area contributed by atoms with Crippen LogP contribution in [-0.2, 0) is 0 Å². The molecule has 166 valence electrons. The predicted molar refractivity (Wildman–Crippen MR) is 122 cm³/mol. The van der Waals surface area contributed by atoms with Gasteiger partial charge in [-0.1, -0.05) is 30.3 Å². The first-order valence-electron chi connectivity index (χ1n) is 9.96. The second-order valence-corrected chi connectivity index (χ2v) is 7.34. The molecule has 9 heteroatoms. The molecule has 0 radical (unpaired) electrons. The lowest BCUT2D eigenvalue weighted by molar-refractivity contribution is 0.144. The van der Waals surface area contributed by atoms with E-state index in [1.54, 1.807) is 30.3 Å². The number of aryl methyl sites for hydroxylation is 2. The highest BCUT2D eigenvalue weighted by molar-refractivity contribution is 5.77. The lowest BCUT2D eigenvalue weighted by Gasteiger charge is -2.08. The molecule has 0 atom stereocenters. The van der Waals surface area contributed by atoms with Gasteiger partial charge in [0.2, 0.25) is 0 Å². The Hall–Kier alpha value is -4.66. The van der Waals surface area contributed by atoms with Crippen LogP contribution in [-0.4, -0.2) is 26.1 Å². The van der Waals surface area contributed by atoms with Crippen LogP contribution in [0, 0.1) is 13.8 Å². The highest BCUT2D eigenvalue weighted by Crippen LogP contribution is 2.38. The van der Waals surface area contributed by atoms with Gasteiger partial charge in [0.25, 0.3) is 5.56 Å². The van der Waals surface area contributed by atoms with Crippen LogP contribution in [0.2, 0.25) is 0 Å². The number of aromatic nitrogens is 2. The Morgan fingerprint density at radius 1 is 0.970 bits per heavy atom. The van der Waals surface area contributed by atoms with Crippen molar-refractivity contribution >= 4 is 17.5 Å². The number of H-pyrrole nitrogens is 1. The maximum atomic E-state index is 12.7. The molecule has 0 aliphatic heterocycles. The molecule has 0 amide bonds. The number of aromatic amines is 1. The van der Waals surface area contributed by atoms with E-state index in [1.165, 1.54) is 23.0 Å². The lowest BCUT2D eigenvalue weighted by atomic mass is 10.0. The van der Waals surface area contributed by atoms with Crippen molar-refractivity contribution < 1.29 is 19.7 Å². The standard InChI is InChI=1S/C24H20N4O5/c1-14-9-10-17(11-15(14)2)28-23(30)21(13-25-28)27-26-20-8-4-7-19(22(20)29)16-5-3-6-18(12-16)33-24(31)32/h3-13,25,29H,1-2H3,(H,31,32). The molecule has 0 bridgehead atoms. The third-order valence-electron chi connectivity index (χ3n) is 5.13. The number of nitrogens with zero attached hydrogens (tertiary/aromatic N) is 3. The molecule has 33 heavy (non-hydrogen) atoms. The van der Waals surface area contributed by atoms with Crippen molar-refractivity contribution in [3.63, 3.8) is 0 Å². The Labute approximate surface area is 188 Å². The van der Waals surface area contributed by atoms with Gasteiger partial charge >= 0.3 is 6.16 Å². The molecule has 4 rings (SSSR count). The topological polar surface area (TPSA) is 129 Å². The van der Waals surface area contributed by atoms with E-state index in [9.17, 15) is 14.7 Å². The normalized spacial score (nSPS) is 11.1. The number of aromatic hydroxyl groups is 1. The molecule has 4 aromatic rings. The summed E-state index contributed by atoms with van der Waals surface area (Å²) < 4.78 is 6.04. The summed E-state index contributed by atoms with van der Waals surface area (Å²) in [7, 11) is 0. The first kappa shape index (κ1) is 21.6. The van der Waals surface area contributed by atoms with E-state index < -0.39 is 6.16 Å². The number of phenols is 1. The van der Waals surface area contributed by atoms with E-state index in [4.69, 9.17) is 5.11 Å². The Morgan fingerprint density at radius 2 is 1.73 bits per heavy atom. The number of rotatable bonds is 5. The largest absolute Gasteiger partial charge is 0.511 e. The molecule has 9 nitrogen and oxygen atoms in total. The van der Waals surface area contributed by atoms with Gasteiger partial charge in [0, 0.05) is 5.56 Å². The van der Waals surface area contributed by atoms with Crippen LogP contribution in [0.4, 0.5) is 16.2 Å². The van der Waals surface area contributed by atoms with Crippen LogP contribution in [0.15, 0.2) is 81.9 Å². The second kappa shape index (κ2) is 8.83. The molecular weight excluding hydrogens is 424 g/mol. The van der Waals surface area contributed by atoms with Crippen molar-refractivity contribution in [3.05, 3.63) is 88.3 Å². The Morgan fingerprint density at radius 3 is 2.48 bits per heavy atom. The van der Waals surface area contributed by atoms with Crippen molar-refractivity contribution in [3.8, 4) is 28.3 Å². The SMILES string of the molecule is Cc1ccc(-n2[nH]cc(N=Nc3cccc(-c4cccc(OC(=O)O)c4)c3O)c2=O)cc1C. The summed E-state index contributed by atoms with van der Waals surface area (Å²) in [6.07, 6.45) is 0.00568. The number of carboxylic acid groups (broad SMARTS) is 1. The number of hydrogen-bond acceptors (Lipinski definition) is 6. The first-order valence-corrected chi connectivity index (χ1v) is 9.96. The maximum Gasteiger partial charge on any atom is 0.511 e. The second-order valence-electron chi connectivity index (χ2n) is 7.34. The summed E-state index contributed by atoms with van der Waals surface area (Å²) in [6, 6.07) is 16.8. The Balaban J connectivity index is 1.64. The van der Waals surface area contributed by atoms with Gasteiger partial charge in [-0.3, -0.25) is 9.89 Å². The van der Waals surface area contributed by atoms with Crippen LogP contribution < -0.4 is 10.3 Å². The van der Waals surface area contributed by atoms with Gasteiger partial charge < -0.3 is 14.9 Å². The molecular formula is C24H20N4O5. The average molecular weight is 444 g/mol. The van der Waals surface area contributed by atoms with Crippen LogP contribution in [0.5, 0.6) is 11.5 Å². The minimum atomic E-state index is -1.43. The summed E-state index contributed by atoms with van der Waals surface area (Å²) in [5.41, 5.74) is 3.63. The minimum Gasteiger partial charge on any atom is -0.505 e. The van der Waals surface area contributed by atoms with Crippen molar-refractivity contribution in [1.29, 1.82) is 0 Å². The highest BCUT2D eigenvalue weighted by atomic mass is 16.7. The number of carbonyl (C=O) groups is 1. The number of nitrogens with one attached hydrogen (secondary N) is 1. The number of para-hydroxylation sites is 1. The summed E-state index contributed by atoms with van der Waals surface area (Å²) in [5, 5.41) is 30.4. The third-order valence-corrected chi connectivity index (χ3v) is 5.13. The molecule has 0 aliphatic rings. The molecule has 0 saturated heterocycles. The van der Waals surface area contributed by atoms with Gasteiger partial charge in [0.1, 0.15) is 11.4 Å². The minimum absolute atomic E-state index is 0.0786. The van der Waals surface area contributed by atoms with E-state index in [0.717, 1.165) is 11.1 Å². The zero-order valence-corrected chi connectivity index (χ0v) is 17.8. The lowest BCUT2D eigenvalue weighted by Crippen LogP contribution is -2.14. The summed E-state index contributed by atoms with van der Waals surface area (Å²) in [6.45, 7) is 3.96. The number of hydrogen-bond donors (Lipinski definition) is 3. The first-order chi connectivity index (χ1) is 15.8. The average Bonchev–Trinajstić information content (AvgIpc) is 3.15. The van der Waals surface area contributed by atoms with Gasteiger partial charge in [-0.05, 0) is 60.9 Å². The van der Waals surface area contributed by atoms with Gasteiger partial charge in [-0.25, -0.2) is 9.48 Å². The number of ether oxygens (including phenoxy) is 1. The van der Waals surface area contributed by atoms with E-state index in [2.05, 4.69) is 20.1 Å². The van der Waals surface area contributed by atoms with Crippen LogP contribution >= 0.6 is 0 Å². The van der Waals surface area contributed by atoms with E-state index >= 15 is 0 Å². The smallest absolute Gasteiger partial charge is 0.505 e. The molecule has 1 heterocycles. The maximum absolute atomic E-state index is 12.7. The molecule has 0 aliphatic carbocycles. The number of azo groups is 1. The third kappa shape index (κ3) is 4.52. The van der Waals surface area contributed by atoms with Crippen LogP contribution in [0.3, 0.4) is 0 Å².